The van der Waals surface area contributed by atoms with Crippen LogP contribution in [-0.2, 0) is 14.3 Å². The fourth-order valence-electron chi connectivity index (χ4n) is 4.30. The van der Waals surface area contributed by atoms with E-state index in [-0.39, 0.29) is 30.3 Å². The molecule has 3 rings (SSSR count). The third-order valence-electron chi connectivity index (χ3n) is 5.77. The lowest BCUT2D eigenvalue weighted by molar-refractivity contribution is -0.157. The summed E-state index contributed by atoms with van der Waals surface area (Å²) in [7, 11) is 0. The molecule has 0 unspecified atom stereocenters. The van der Waals surface area contributed by atoms with Crippen LogP contribution in [0, 0.1) is 17.8 Å². The molecule has 2 amide bonds. The molecule has 0 saturated carbocycles. The number of carbonyl (C=O) groups is 3. The van der Waals surface area contributed by atoms with Gasteiger partial charge in [0.1, 0.15) is 0 Å². The second-order valence-electron chi connectivity index (χ2n) is 8.43. The molecule has 0 bridgehead atoms. The van der Waals surface area contributed by atoms with Crippen LogP contribution in [-0.4, -0.2) is 60.4 Å². The van der Waals surface area contributed by atoms with Crippen molar-refractivity contribution in [1.29, 1.82) is 0 Å². The maximum Gasteiger partial charge on any atom is 0.309 e. The lowest BCUT2D eigenvalue weighted by Gasteiger charge is -2.35. The van der Waals surface area contributed by atoms with E-state index in [0.717, 1.165) is 19.5 Å². The van der Waals surface area contributed by atoms with Crippen molar-refractivity contribution in [1.82, 2.24) is 9.80 Å². The number of hydrogen-bond acceptors (Lipinski definition) is 4. The molecule has 2 fully saturated rings. The summed E-state index contributed by atoms with van der Waals surface area (Å²) in [6.07, 6.45) is 2.21. The van der Waals surface area contributed by atoms with Crippen LogP contribution < -0.4 is 0 Å². The van der Waals surface area contributed by atoms with E-state index >= 15 is 0 Å². The fourth-order valence-corrected chi connectivity index (χ4v) is 4.43. The molecule has 1 aromatic rings. The minimum absolute atomic E-state index is 0.0583. The Morgan fingerprint density at radius 2 is 1.59 bits per heavy atom. The molecule has 0 spiro atoms. The summed E-state index contributed by atoms with van der Waals surface area (Å²) in [6.45, 7) is 6.54. The van der Waals surface area contributed by atoms with E-state index in [1.165, 1.54) is 0 Å². The Morgan fingerprint density at radius 3 is 2.17 bits per heavy atom. The second-order valence-corrected chi connectivity index (χ2v) is 8.86. The van der Waals surface area contributed by atoms with Crippen LogP contribution in [0.25, 0.3) is 0 Å². The van der Waals surface area contributed by atoms with Gasteiger partial charge in [0.2, 0.25) is 0 Å². The van der Waals surface area contributed by atoms with Gasteiger partial charge in [0, 0.05) is 36.8 Å². The van der Waals surface area contributed by atoms with Crippen LogP contribution in [0.4, 0.5) is 0 Å². The highest BCUT2D eigenvalue weighted by atomic mass is 35.5. The van der Waals surface area contributed by atoms with E-state index in [1.807, 2.05) is 0 Å². The smallest absolute Gasteiger partial charge is 0.309 e. The predicted molar refractivity (Wildman–Crippen MR) is 111 cm³/mol. The summed E-state index contributed by atoms with van der Waals surface area (Å²) in [5, 5.41) is 0.589. The average molecular weight is 421 g/mol. The maximum absolute atomic E-state index is 12.5. The zero-order chi connectivity index (χ0) is 21.0. The number of esters is 1. The largest absolute Gasteiger partial charge is 0.455 e. The minimum atomic E-state index is -0.338. The van der Waals surface area contributed by atoms with Gasteiger partial charge < -0.3 is 14.5 Å². The molecular weight excluding hydrogens is 392 g/mol. The molecule has 1 aromatic carbocycles. The van der Waals surface area contributed by atoms with Crippen molar-refractivity contribution in [2.75, 3.05) is 32.8 Å². The van der Waals surface area contributed by atoms with E-state index < -0.39 is 0 Å². The van der Waals surface area contributed by atoms with Gasteiger partial charge in [-0.2, -0.15) is 0 Å². The highest BCUT2D eigenvalue weighted by Gasteiger charge is 2.30. The van der Waals surface area contributed by atoms with Crippen molar-refractivity contribution in [3.05, 3.63) is 34.9 Å². The second kappa shape index (κ2) is 9.61. The Kier molecular flexibility index (Phi) is 7.17. The quantitative estimate of drug-likeness (QED) is 0.701. The van der Waals surface area contributed by atoms with Gasteiger partial charge in [0.05, 0.1) is 5.92 Å². The van der Waals surface area contributed by atoms with Crippen molar-refractivity contribution >= 4 is 29.4 Å². The van der Waals surface area contributed by atoms with E-state index in [2.05, 4.69) is 13.8 Å². The Bertz CT molecular complexity index is 734. The van der Waals surface area contributed by atoms with E-state index in [0.29, 0.717) is 48.4 Å². The molecule has 2 saturated heterocycles. The first kappa shape index (κ1) is 21.6. The van der Waals surface area contributed by atoms with Crippen LogP contribution in [0.2, 0.25) is 5.02 Å². The lowest BCUT2D eigenvalue weighted by Crippen LogP contribution is -2.45. The first-order valence-corrected chi connectivity index (χ1v) is 10.7. The molecule has 2 aliphatic heterocycles. The highest BCUT2D eigenvalue weighted by molar-refractivity contribution is 6.30. The van der Waals surface area contributed by atoms with E-state index in [1.54, 1.807) is 34.1 Å². The molecule has 0 aromatic heterocycles. The zero-order valence-electron chi connectivity index (χ0n) is 17.1. The molecule has 0 radical (unpaired) electrons. The van der Waals surface area contributed by atoms with Gasteiger partial charge in [-0.3, -0.25) is 14.4 Å². The Morgan fingerprint density at radius 1 is 1.00 bits per heavy atom. The molecular formula is C22H29ClN2O4. The summed E-state index contributed by atoms with van der Waals surface area (Å²) >= 11 is 5.87. The molecule has 158 valence electrons. The van der Waals surface area contributed by atoms with Crippen molar-refractivity contribution < 1.29 is 19.1 Å². The number of nitrogens with zero attached hydrogens (tertiary/aromatic N) is 2. The monoisotopic (exact) mass is 420 g/mol. The number of piperidine rings is 2. The van der Waals surface area contributed by atoms with E-state index in [4.69, 9.17) is 16.3 Å². The number of ether oxygens (including phenoxy) is 1. The van der Waals surface area contributed by atoms with Crippen LogP contribution in [0.1, 0.15) is 43.5 Å². The predicted octanol–water partition coefficient (Wildman–Crippen LogP) is 3.24. The van der Waals surface area contributed by atoms with Crippen molar-refractivity contribution in [3.63, 3.8) is 0 Å². The first-order chi connectivity index (χ1) is 13.8. The zero-order valence-corrected chi connectivity index (χ0v) is 17.9. The summed E-state index contributed by atoms with van der Waals surface area (Å²) in [4.78, 5) is 40.9. The minimum Gasteiger partial charge on any atom is -0.455 e. The molecule has 0 aliphatic carbocycles. The van der Waals surface area contributed by atoms with Crippen LogP contribution in [0.3, 0.4) is 0 Å². The van der Waals surface area contributed by atoms with E-state index in [9.17, 15) is 14.4 Å². The molecule has 2 aliphatic rings. The number of likely N-dealkylation sites (tertiary alicyclic amines) is 2. The Balaban J connectivity index is 1.43. The van der Waals surface area contributed by atoms with Gasteiger partial charge >= 0.3 is 5.97 Å². The van der Waals surface area contributed by atoms with Gasteiger partial charge in [0.15, 0.2) is 6.61 Å². The molecule has 2 heterocycles. The number of benzene rings is 1. The van der Waals surface area contributed by atoms with Crippen molar-refractivity contribution in [3.8, 4) is 0 Å². The maximum atomic E-state index is 12.5. The van der Waals surface area contributed by atoms with Crippen molar-refractivity contribution in [2.24, 2.45) is 17.8 Å². The molecule has 2 atom stereocenters. The summed E-state index contributed by atoms with van der Waals surface area (Å²) in [6, 6.07) is 6.80. The number of carbonyl (C=O) groups excluding carboxylic acids is 3. The summed E-state index contributed by atoms with van der Waals surface area (Å²) < 4.78 is 5.31. The number of amides is 2. The third-order valence-corrected chi connectivity index (χ3v) is 6.02. The highest BCUT2D eigenvalue weighted by Crippen LogP contribution is 2.23. The lowest BCUT2D eigenvalue weighted by atomic mass is 9.92. The average Bonchev–Trinajstić information content (AvgIpc) is 2.71. The standard InChI is InChI=1S/C22H29ClN2O4/c1-15-11-16(2)13-25(12-15)20(26)14-29-22(28)18-7-9-24(10-8-18)21(27)17-3-5-19(23)6-4-17/h3-6,15-16,18H,7-14H2,1-2H3/t15-,16+. The SMILES string of the molecule is C[C@@H]1C[C@H](C)CN(C(=O)COC(=O)C2CCN(C(=O)c3ccc(Cl)cc3)CC2)C1. The molecule has 6 nitrogen and oxygen atoms in total. The summed E-state index contributed by atoms with van der Waals surface area (Å²) in [5.41, 5.74) is 0.589. The Hall–Kier alpha value is -2.08. The third kappa shape index (κ3) is 5.72. The molecule has 0 N–H and O–H groups in total. The number of rotatable bonds is 4. The normalized spacial score (nSPS) is 23.0. The fraction of sp³-hybridized carbons (Fsp3) is 0.591. The Labute approximate surface area is 177 Å². The van der Waals surface area contributed by atoms with Gasteiger partial charge in [-0.1, -0.05) is 25.4 Å². The summed E-state index contributed by atoms with van der Waals surface area (Å²) in [5.74, 6) is 0.164. The van der Waals surface area contributed by atoms with Crippen LogP contribution in [0.5, 0.6) is 0 Å². The van der Waals surface area contributed by atoms with Crippen LogP contribution >= 0.6 is 11.6 Å². The first-order valence-electron chi connectivity index (χ1n) is 10.3. The molecule has 29 heavy (non-hydrogen) atoms. The van der Waals surface area contributed by atoms with Gasteiger partial charge in [-0.15, -0.1) is 0 Å². The number of halogens is 1. The topological polar surface area (TPSA) is 66.9 Å². The van der Waals surface area contributed by atoms with Gasteiger partial charge in [-0.25, -0.2) is 0 Å². The van der Waals surface area contributed by atoms with Crippen molar-refractivity contribution in [2.45, 2.75) is 33.1 Å². The molecule has 7 heteroatoms. The van der Waals surface area contributed by atoms with Gasteiger partial charge in [-0.05, 0) is 55.4 Å². The van der Waals surface area contributed by atoms with Gasteiger partial charge in [0.25, 0.3) is 11.8 Å². The number of hydrogen-bond donors (Lipinski definition) is 0. The van der Waals surface area contributed by atoms with Crippen LogP contribution in [0.15, 0.2) is 24.3 Å².